The summed E-state index contributed by atoms with van der Waals surface area (Å²) in [6.45, 7) is 2.37. The zero-order valence-corrected chi connectivity index (χ0v) is 27.9. The molecule has 2 aliphatic rings. The molecule has 0 aliphatic carbocycles. The Kier molecular flexibility index (Phi) is 11.3. The van der Waals surface area contributed by atoms with Gasteiger partial charge in [-0.05, 0) is 24.3 Å². The number of aromatic nitrogens is 6. The number of fused-ring (bicyclic) bond motifs is 4. The maximum Gasteiger partial charge on any atom is 0.395 e. The molecule has 0 fully saturated rings. The van der Waals surface area contributed by atoms with E-state index in [1.165, 1.54) is 6.33 Å². The smallest absolute Gasteiger partial charge is 0.339 e. The molecular formula is C36H32F6N10O. The third kappa shape index (κ3) is 10.2. The van der Waals surface area contributed by atoms with E-state index in [2.05, 4.69) is 58.0 Å². The summed E-state index contributed by atoms with van der Waals surface area (Å²) in [5.74, 6) is 1.47. The number of carbonyl (C=O) groups excluding carboxylic acids is 1. The number of nitrogens with zero attached hydrogens (tertiary/aromatic N) is 7. The molecule has 0 atom stereocenters. The van der Waals surface area contributed by atoms with E-state index in [4.69, 9.17) is 4.79 Å². The van der Waals surface area contributed by atoms with Crippen molar-refractivity contribution in [2.45, 2.75) is 51.4 Å². The van der Waals surface area contributed by atoms with Crippen molar-refractivity contribution < 1.29 is 31.1 Å². The van der Waals surface area contributed by atoms with Crippen LogP contribution in [0.2, 0.25) is 0 Å². The minimum atomic E-state index is -4.32. The number of para-hydroxylation sites is 2. The molecule has 0 saturated carbocycles. The van der Waals surface area contributed by atoms with Crippen LogP contribution in [0.15, 0.2) is 85.7 Å². The molecule has 8 rings (SSSR count). The number of anilines is 4. The van der Waals surface area contributed by atoms with Crippen LogP contribution in [-0.4, -0.2) is 60.0 Å². The number of pyridine rings is 2. The first-order chi connectivity index (χ1) is 25.4. The van der Waals surface area contributed by atoms with Gasteiger partial charge in [-0.1, -0.05) is 36.4 Å². The van der Waals surface area contributed by atoms with Crippen LogP contribution in [0.4, 0.5) is 49.4 Å². The van der Waals surface area contributed by atoms with E-state index in [1.54, 1.807) is 17.4 Å². The summed E-state index contributed by atoms with van der Waals surface area (Å²) in [4.78, 5) is 36.8. The Labute approximate surface area is 298 Å². The number of alkyl halides is 6. The maximum atomic E-state index is 12.5. The fourth-order valence-corrected chi connectivity index (χ4v) is 5.64. The van der Waals surface area contributed by atoms with Crippen molar-refractivity contribution in [3.05, 3.63) is 108 Å². The van der Waals surface area contributed by atoms with E-state index in [9.17, 15) is 26.3 Å². The molecular weight excluding hydrogens is 702 g/mol. The van der Waals surface area contributed by atoms with Gasteiger partial charge in [0.15, 0.2) is 0 Å². The summed E-state index contributed by atoms with van der Waals surface area (Å²) in [6, 6.07) is 19.9. The second-order valence-electron chi connectivity index (χ2n) is 12.0. The average Bonchev–Trinajstić information content (AvgIpc) is 3.79. The summed E-state index contributed by atoms with van der Waals surface area (Å²) < 4.78 is 69.8. The molecule has 11 nitrogen and oxygen atoms in total. The lowest BCUT2D eigenvalue weighted by Crippen LogP contribution is -2.23. The summed E-state index contributed by atoms with van der Waals surface area (Å²) in [5.41, 5.74) is 7.41. The minimum Gasteiger partial charge on any atom is -0.339 e. The Morgan fingerprint density at radius 2 is 1.25 bits per heavy atom. The van der Waals surface area contributed by atoms with Crippen molar-refractivity contribution >= 4 is 51.1 Å². The van der Waals surface area contributed by atoms with Crippen LogP contribution < -0.4 is 16.0 Å². The van der Waals surface area contributed by atoms with Crippen molar-refractivity contribution in [1.82, 2.24) is 40.1 Å². The molecule has 0 radical (unpaired) electrons. The topological polar surface area (TPSA) is 134 Å². The minimum absolute atomic E-state index is 0.0448. The highest BCUT2D eigenvalue weighted by Crippen LogP contribution is 2.30. The van der Waals surface area contributed by atoms with Crippen LogP contribution in [0.5, 0.6) is 0 Å². The zero-order chi connectivity index (χ0) is 37.4. The van der Waals surface area contributed by atoms with Gasteiger partial charge >= 0.3 is 12.4 Å². The third-order valence-corrected chi connectivity index (χ3v) is 8.15. The molecule has 17 heteroatoms. The van der Waals surface area contributed by atoms with Crippen LogP contribution in [0.1, 0.15) is 35.4 Å². The largest absolute Gasteiger partial charge is 0.395 e. The van der Waals surface area contributed by atoms with Crippen molar-refractivity contribution in [3.8, 4) is 0 Å². The zero-order valence-electron chi connectivity index (χ0n) is 27.9. The van der Waals surface area contributed by atoms with E-state index in [1.807, 2.05) is 54.7 Å². The van der Waals surface area contributed by atoms with Crippen molar-refractivity contribution in [2.24, 2.45) is 0 Å². The molecule has 274 valence electrons. The Hall–Kier alpha value is -5.81. The van der Waals surface area contributed by atoms with Crippen LogP contribution in [0, 0.1) is 0 Å². The summed E-state index contributed by atoms with van der Waals surface area (Å²) >= 11 is 0. The van der Waals surface area contributed by atoms with E-state index >= 15 is 0 Å². The van der Waals surface area contributed by atoms with Gasteiger partial charge in [-0.25, -0.2) is 19.9 Å². The summed E-state index contributed by atoms with van der Waals surface area (Å²) in [6.07, 6.45) is -4.23. The predicted octanol–water partition coefficient (Wildman–Crippen LogP) is 7.55. The molecule has 0 unspecified atom stereocenters. The maximum absolute atomic E-state index is 12.5. The first-order valence-electron chi connectivity index (χ1n) is 16.3. The number of hydrogen-bond donors (Lipinski definition) is 3. The van der Waals surface area contributed by atoms with E-state index in [0.717, 1.165) is 74.6 Å². The molecule has 6 aromatic rings. The number of nitrogens with one attached hydrogen (secondary N) is 3. The first-order valence-corrected chi connectivity index (χ1v) is 16.3. The van der Waals surface area contributed by atoms with Crippen molar-refractivity contribution in [1.29, 1.82) is 0 Å². The fraction of sp³-hybridized carbons (Fsp3) is 0.250. The number of halogens is 6. The number of benzene rings is 2. The van der Waals surface area contributed by atoms with Crippen LogP contribution in [0.3, 0.4) is 0 Å². The Morgan fingerprint density at radius 1 is 0.679 bits per heavy atom. The van der Waals surface area contributed by atoms with Crippen molar-refractivity contribution in [3.63, 3.8) is 0 Å². The number of aldehydes is 1. The van der Waals surface area contributed by atoms with E-state index < -0.39 is 25.2 Å². The molecule has 0 spiro atoms. The van der Waals surface area contributed by atoms with Gasteiger partial charge in [-0.15, -0.1) is 0 Å². The van der Waals surface area contributed by atoms with Gasteiger partial charge in [0, 0.05) is 54.6 Å². The second kappa shape index (κ2) is 16.2. The molecule has 0 amide bonds. The Balaban J connectivity index is 0.000000158. The highest BCUT2D eigenvalue weighted by molar-refractivity contribution is 5.83. The first kappa shape index (κ1) is 37.0. The number of hydrogen-bond acceptors (Lipinski definition) is 11. The third-order valence-electron chi connectivity index (χ3n) is 8.15. The summed E-state index contributed by atoms with van der Waals surface area (Å²) in [7, 11) is 0. The quantitative estimate of drug-likeness (QED) is 0.111. The lowest BCUT2D eigenvalue weighted by Gasteiger charge is -2.15. The Bertz CT molecular complexity index is 2200. The van der Waals surface area contributed by atoms with E-state index in [-0.39, 0.29) is 12.8 Å². The molecule has 0 saturated heterocycles. The van der Waals surface area contributed by atoms with Crippen LogP contribution in [-0.2, 0) is 31.0 Å². The molecule has 2 aromatic carbocycles. The molecule has 3 N–H and O–H groups in total. The second-order valence-corrected chi connectivity index (χ2v) is 12.0. The standard InChI is InChI=1S/C18H16F3N5.C15H13N5.C3H3F3O/c19-18(20,21)5-6-26-9-14-16(10-26)23-11-24-17(14)25-13-7-12-3-1-2-4-15(12)22-8-13;1-2-4-13-10(3-1)5-11(6-17-13)20-15-12-7-16-8-14(12)18-9-19-15;4-3(5,6)1-2-7/h1-4,7-8,11H,5-6,9-10H2,(H,23,24,25);1-6,9,16H,7-8H2,(H,18,19,20);2H,1H2. The van der Waals surface area contributed by atoms with Gasteiger partial charge in [0.05, 0.1) is 59.0 Å². The van der Waals surface area contributed by atoms with Gasteiger partial charge in [0.25, 0.3) is 0 Å². The predicted molar refractivity (Wildman–Crippen MR) is 186 cm³/mol. The van der Waals surface area contributed by atoms with E-state index in [0.29, 0.717) is 18.9 Å². The van der Waals surface area contributed by atoms with Crippen LogP contribution in [0.25, 0.3) is 21.8 Å². The normalized spacial score (nSPS) is 13.7. The molecule has 4 aromatic heterocycles. The summed E-state index contributed by atoms with van der Waals surface area (Å²) in [5, 5.41) is 12.0. The number of carbonyl (C=O) groups is 1. The van der Waals surface area contributed by atoms with Gasteiger partial charge in [-0.3, -0.25) is 14.9 Å². The SMILES string of the molecule is FC(F)(F)CCN1Cc2ncnc(Nc3cnc4ccccc4c3)c2C1.O=CCC(F)(F)F.c1ccc2ncc(Nc3ncnc4c3CNC4)cc2c1. The fourth-order valence-electron chi connectivity index (χ4n) is 5.64. The number of rotatable bonds is 7. The van der Waals surface area contributed by atoms with Gasteiger partial charge < -0.3 is 20.7 Å². The molecule has 2 aliphatic heterocycles. The van der Waals surface area contributed by atoms with Gasteiger partial charge in [0.1, 0.15) is 30.6 Å². The molecule has 0 bridgehead atoms. The van der Waals surface area contributed by atoms with Gasteiger partial charge in [-0.2, -0.15) is 26.3 Å². The van der Waals surface area contributed by atoms with Crippen LogP contribution >= 0.6 is 0 Å². The molecule has 6 heterocycles. The van der Waals surface area contributed by atoms with Crippen molar-refractivity contribution in [2.75, 3.05) is 17.2 Å². The monoisotopic (exact) mass is 734 g/mol. The Morgan fingerprint density at radius 3 is 1.79 bits per heavy atom. The average molecular weight is 735 g/mol. The highest BCUT2D eigenvalue weighted by Gasteiger charge is 2.31. The van der Waals surface area contributed by atoms with Gasteiger partial charge in [0.2, 0.25) is 0 Å². The lowest BCUT2D eigenvalue weighted by atomic mass is 10.2. The molecule has 53 heavy (non-hydrogen) atoms. The lowest BCUT2D eigenvalue weighted by molar-refractivity contribution is -0.144. The highest BCUT2D eigenvalue weighted by atomic mass is 19.4.